The number of hydrogen-bond donors (Lipinski definition) is 1. The smallest absolute Gasteiger partial charge is 0.246 e. The van der Waals surface area contributed by atoms with E-state index in [1.807, 2.05) is 18.7 Å². The van der Waals surface area contributed by atoms with Crippen molar-refractivity contribution in [3.05, 3.63) is 0 Å². The topological polar surface area (TPSA) is 49.4 Å². The highest BCUT2D eigenvalue weighted by molar-refractivity contribution is 7.99. The average Bonchev–Trinajstić information content (AvgIpc) is 2.91. The Morgan fingerprint density at radius 3 is 2.79 bits per heavy atom. The van der Waals surface area contributed by atoms with Crippen LogP contribution in [0.25, 0.3) is 0 Å². The minimum Gasteiger partial charge on any atom is -0.303 e. The first-order valence-electron chi connectivity index (χ1n) is 7.37. The molecule has 2 rings (SSSR count). The Morgan fingerprint density at radius 2 is 2.11 bits per heavy atom. The van der Waals surface area contributed by atoms with Crippen molar-refractivity contribution in [2.24, 2.45) is 0 Å². The number of likely N-dealkylation sites (tertiary alicyclic amines) is 1. The van der Waals surface area contributed by atoms with E-state index in [-0.39, 0.29) is 17.9 Å². The SMILES string of the molecule is CCCN1C(=O)CC(NC2CCC(SCC)C2)C1=O. The molecule has 19 heavy (non-hydrogen) atoms. The van der Waals surface area contributed by atoms with E-state index in [9.17, 15) is 9.59 Å². The zero-order chi connectivity index (χ0) is 13.8. The molecular weight excluding hydrogens is 260 g/mol. The fourth-order valence-corrected chi connectivity index (χ4v) is 4.18. The zero-order valence-corrected chi connectivity index (χ0v) is 12.7. The molecule has 3 atom stereocenters. The van der Waals surface area contributed by atoms with Crippen molar-refractivity contribution < 1.29 is 9.59 Å². The maximum Gasteiger partial charge on any atom is 0.246 e. The third kappa shape index (κ3) is 3.51. The van der Waals surface area contributed by atoms with E-state index in [1.165, 1.54) is 11.3 Å². The minimum atomic E-state index is -0.269. The molecule has 1 saturated carbocycles. The molecule has 2 amide bonds. The predicted molar refractivity (Wildman–Crippen MR) is 78.1 cm³/mol. The van der Waals surface area contributed by atoms with Crippen molar-refractivity contribution in [2.45, 2.75) is 63.3 Å². The van der Waals surface area contributed by atoms with Gasteiger partial charge in [-0.1, -0.05) is 13.8 Å². The lowest BCUT2D eigenvalue weighted by atomic mass is 10.2. The van der Waals surface area contributed by atoms with E-state index < -0.39 is 0 Å². The quantitative estimate of drug-likeness (QED) is 0.756. The first-order chi connectivity index (χ1) is 9.15. The van der Waals surface area contributed by atoms with Crippen molar-refractivity contribution in [3.8, 4) is 0 Å². The lowest BCUT2D eigenvalue weighted by Gasteiger charge is -2.18. The number of amides is 2. The van der Waals surface area contributed by atoms with E-state index in [1.54, 1.807) is 0 Å². The molecule has 1 aliphatic heterocycles. The Labute approximate surface area is 119 Å². The van der Waals surface area contributed by atoms with Crippen molar-refractivity contribution in [2.75, 3.05) is 12.3 Å². The molecule has 108 valence electrons. The van der Waals surface area contributed by atoms with E-state index in [0.29, 0.717) is 19.0 Å². The molecule has 0 aromatic rings. The van der Waals surface area contributed by atoms with Crippen molar-refractivity contribution in [1.82, 2.24) is 10.2 Å². The molecule has 0 spiro atoms. The summed E-state index contributed by atoms with van der Waals surface area (Å²) in [4.78, 5) is 25.3. The number of carbonyl (C=O) groups excluding carboxylic acids is 2. The normalized spacial score (nSPS) is 31.5. The van der Waals surface area contributed by atoms with Crippen LogP contribution in [0.3, 0.4) is 0 Å². The lowest BCUT2D eigenvalue weighted by Crippen LogP contribution is -2.43. The molecule has 1 N–H and O–H groups in total. The highest BCUT2D eigenvalue weighted by Crippen LogP contribution is 2.30. The van der Waals surface area contributed by atoms with Gasteiger partial charge >= 0.3 is 0 Å². The van der Waals surface area contributed by atoms with Gasteiger partial charge in [0.1, 0.15) is 0 Å². The number of hydrogen-bond acceptors (Lipinski definition) is 4. The molecule has 1 saturated heterocycles. The third-order valence-electron chi connectivity index (χ3n) is 3.91. The van der Waals surface area contributed by atoms with Crippen LogP contribution < -0.4 is 5.32 Å². The number of rotatable bonds is 6. The number of nitrogens with zero attached hydrogens (tertiary/aromatic N) is 1. The summed E-state index contributed by atoms with van der Waals surface area (Å²) in [5, 5.41) is 4.13. The van der Waals surface area contributed by atoms with Crippen molar-refractivity contribution >= 4 is 23.6 Å². The fourth-order valence-electron chi connectivity index (χ4n) is 3.03. The Balaban J connectivity index is 1.84. The molecule has 0 bridgehead atoms. The highest BCUT2D eigenvalue weighted by Gasteiger charge is 2.39. The van der Waals surface area contributed by atoms with E-state index >= 15 is 0 Å². The van der Waals surface area contributed by atoms with Gasteiger partial charge in [-0.2, -0.15) is 11.8 Å². The second kappa shape index (κ2) is 6.75. The third-order valence-corrected chi connectivity index (χ3v) is 5.15. The van der Waals surface area contributed by atoms with Gasteiger partial charge in [-0.3, -0.25) is 14.5 Å². The minimum absolute atomic E-state index is 0.0122. The summed E-state index contributed by atoms with van der Waals surface area (Å²) in [7, 11) is 0. The molecule has 0 radical (unpaired) electrons. The van der Waals surface area contributed by atoms with Crippen LogP contribution in [-0.2, 0) is 9.59 Å². The molecular formula is C14H24N2O2S. The van der Waals surface area contributed by atoms with Gasteiger partial charge in [-0.15, -0.1) is 0 Å². The Morgan fingerprint density at radius 1 is 1.32 bits per heavy atom. The van der Waals surface area contributed by atoms with Gasteiger partial charge in [-0.25, -0.2) is 0 Å². The van der Waals surface area contributed by atoms with Crippen LogP contribution in [0.2, 0.25) is 0 Å². The molecule has 2 aliphatic rings. The predicted octanol–water partition coefficient (Wildman–Crippen LogP) is 1.79. The lowest BCUT2D eigenvalue weighted by molar-refractivity contribution is -0.138. The van der Waals surface area contributed by atoms with Crippen LogP contribution in [-0.4, -0.2) is 46.3 Å². The standard InChI is InChI=1S/C14H24N2O2S/c1-3-7-16-13(17)9-12(14(16)18)15-10-5-6-11(8-10)19-4-2/h10-12,15H,3-9H2,1-2H3. The first-order valence-corrected chi connectivity index (χ1v) is 8.42. The maximum atomic E-state index is 12.1. The molecule has 1 heterocycles. The summed E-state index contributed by atoms with van der Waals surface area (Å²) >= 11 is 2.01. The van der Waals surface area contributed by atoms with Crippen LogP contribution in [0.1, 0.15) is 46.0 Å². The van der Waals surface area contributed by atoms with Crippen LogP contribution >= 0.6 is 11.8 Å². The summed E-state index contributed by atoms with van der Waals surface area (Å²) in [5.41, 5.74) is 0. The number of imide groups is 1. The van der Waals surface area contributed by atoms with E-state index in [0.717, 1.165) is 30.3 Å². The van der Waals surface area contributed by atoms with Gasteiger partial charge in [0.15, 0.2) is 0 Å². The second-order valence-electron chi connectivity index (χ2n) is 5.39. The zero-order valence-electron chi connectivity index (χ0n) is 11.9. The molecule has 0 aromatic heterocycles. The fraction of sp³-hybridized carbons (Fsp3) is 0.857. The summed E-state index contributed by atoms with van der Waals surface area (Å²) in [6.45, 7) is 4.74. The van der Waals surface area contributed by atoms with Crippen LogP contribution in [0.5, 0.6) is 0 Å². The summed E-state index contributed by atoms with van der Waals surface area (Å²) in [5.74, 6) is 1.13. The van der Waals surface area contributed by atoms with Gasteiger partial charge in [0.05, 0.1) is 12.5 Å². The van der Waals surface area contributed by atoms with E-state index in [4.69, 9.17) is 0 Å². The molecule has 0 aromatic carbocycles. The Bertz CT molecular complexity index is 348. The maximum absolute atomic E-state index is 12.1. The van der Waals surface area contributed by atoms with Crippen molar-refractivity contribution in [3.63, 3.8) is 0 Å². The summed E-state index contributed by atoms with van der Waals surface area (Å²) < 4.78 is 0. The van der Waals surface area contributed by atoms with E-state index in [2.05, 4.69) is 12.2 Å². The van der Waals surface area contributed by atoms with Gasteiger partial charge in [0.2, 0.25) is 11.8 Å². The molecule has 4 nitrogen and oxygen atoms in total. The summed E-state index contributed by atoms with van der Waals surface area (Å²) in [6, 6.07) is 0.141. The molecule has 1 aliphatic carbocycles. The monoisotopic (exact) mass is 284 g/mol. The largest absolute Gasteiger partial charge is 0.303 e. The number of thioether (sulfide) groups is 1. The average molecular weight is 284 g/mol. The number of carbonyl (C=O) groups is 2. The summed E-state index contributed by atoms with van der Waals surface area (Å²) in [6.07, 6.45) is 4.67. The first kappa shape index (κ1) is 14.9. The van der Waals surface area contributed by atoms with Gasteiger partial charge < -0.3 is 5.32 Å². The molecule has 3 unspecified atom stereocenters. The van der Waals surface area contributed by atoms with Crippen LogP contribution in [0.4, 0.5) is 0 Å². The van der Waals surface area contributed by atoms with Gasteiger partial charge in [-0.05, 0) is 31.4 Å². The Kier molecular flexibility index (Phi) is 5.28. The second-order valence-corrected chi connectivity index (χ2v) is 6.97. The Hall–Kier alpha value is -0.550. The van der Waals surface area contributed by atoms with Crippen LogP contribution in [0, 0.1) is 0 Å². The van der Waals surface area contributed by atoms with Crippen molar-refractivity contribution in [1.29, 1.82) is 0 Å². The molecule has 5 heteroatoms. The van der Waals surface area contributed by atoms with Gasteiger partial charge in [0.25, 0.3) is 0 Å². The highest BCUT2D eigenvalue weighted by atomic mass is 32.2. The number of nitrogens with one attached hydrogen (secondary N) is 1. The van der Waals surface area contributed by atoms with Crippen LogP contribution in [0.15, 0.2) is 0 Å². The van der Waals surface area contributed by atoms with Gasteiger partial charge in [0, 0.05) is 17.8 Å². The molecule has 2 fully saturated rings.